The summed E-state index contributed by atoms with van der Waals surface area (Å²) in [5, 5.41) is 8.29. The average Bonchev–Trinajstić information content (AvgIpc) is 2.79. The van der Waals surface area contributed by atoms with Gasteiger partial charge in [0.05, 0.1) is 12.0 Å². The van der Waals surface area contributed by atoms with Crippen molar-refractivity contribution in [2.24, 2.45) is 0 Å². The van der Waals surface area contributed by atoms with Crippen LogP contribution in [-0.4, -0.2) is 52.1 Å². The van der Waals surface area contributed by atoms with E-state index in [1.54, 1.807) is 29.2 Å². The zero-order chi connectivity index (χ0) is 14.7. The molecule has 0 atom stereocenters. The predicted molar refractivity (Wildman–Crippen MR) is 75.8 cm³/mol. The fourth-order valence-electron chi connectivity index (χ4n) is 2.35. The van der Waals surface area contributed by atoms with Crippen LogP contribution in [-0.2, 0) is 16.1 Å². The molecular weight excluding hydrogens is 272 g/mol. The van der Waals surface area contributed by atoms with E-state index in [-0.39, 0.29) is 18.0 Å². The molecular formula is C14H16N4O3. The van der Waals surface area contributed by atoms with Gasteiger partial charge in [0, 0.05) is 19.7 Å². The summed E-state index contributed by atoms with van der Waals surface area (Å²) in [6.45, 7) is 2.31. The highest BCUT2D eigenvalue weighted by Gasteiger charge is 2.17. The standard InChI is InChI=1S/C14H16N4O3/c19-13(17-6-3-8-21-9-7-17)10-18-14(20)11-4-1-2-5-12(11)15-16-18/h1-2,4-5H,3,6-10H2. The molecule has 7 heteroatoms. The first-order chi connectivity index (χ1) is 10.3. The van der Waals surface area contributed by atoms with E-state index in [1.165, 1.54) is 0 Å². The fraction of sp³-hybridized carbons (Fsp3) is 0.429. The molecule has 110 valence electrons. The minimum atomic E-state index is -0.292. The molecule has 1 aliphatic rings. The van der Waals surface area contributed by atoms with Crippen molar-refractivity contribution in [1.29, 1.82) is 0 Å². The molecule has 1 aliphatic heterocycles. The zero-order valence-electron chi connectivity index (χ0n) is 11.6. The highest BCUT2D eigenvalue weighted by atomic mass is 16.5. The van der Waals surface area contributed by atoms with Crippen molar-refractivity contribution in [3.05, 3.63) is 34.6 Å². The zero-order valence-corrected chi connectivity index (χ0v) is 11.6. The molecule has 1 amide bonds. The monoisotopic (exact) mass is 288 g/mol. The van der Waals surface area contributed by atoms with E-state index in [1.807, 2.05) is 0 Å². The largest absolute Gasteiger partial charge is 0.380 e. The van der Waals surface area contributed by atoms with Gasteiger partial charge < -0.3 is 9.64 Å². The minimum Gasteiger partial charge on any atom is -0.380 e. The maximum Gasteiger partial charge on any atom is 0.278 e. The fourth-order valence-corrected chi connectivity index (χ4v) is 2.35. The van der Waals surface area contributed by atoms with Gasteiger partial charge in [0.2, 0.25) is 5.91 Å². The number of ether oxygens (including phenoxy) is 1. The van der Waals surface area contributed by atoms with Gasteiger partial charge in [0.25, 0.3) is 5.56 Å². The lowest BCUT2D eigenvalue weighted by Crippen LogP contribution is -2.39. The number of carbonyl (C=O) groups is 1. The Hall–Kier alpha value is -2.28. The Bertz CT molecular complexity index is 705. The van der Waals surface area contributed by atoms with Crippen LogP contribution in [0.4, 0.5) is 0 Å². The second kappa shape index (κ2) is 6.01. The van der Waals surface area contributed by atoms with Gasteiger partial charge in [-0.15, -0.1) is 5.10 Å². The summed E-state index contributed by atoms with van der Waals surface area (Å²) in [6, 6.07) is 6.97. The Morgan fingerprint density at radius 3 is 3.00 bits per heavy atom. The van der Waals surface area contributed by atoms with Crippen LogP contribution in [0.1, 0.15) is 6.42 Å². The van der Waals surface area contributed by atoms with Crippen LogP contribution in [0.5, 0.6) is 0 Å². The number of fused-ring (bicyclic) bond motifs is 1. The van der Waals surface area contributed by atoms with Gasteiger partial charge in [0.15, 0.2) is 0 Å². The molecule has 0 unspecified atom stereocenters. The minimum absolute atomic E-state index is 0.0866. The molecule has 2 aromatic rings. The molecule has 3 rings (SSSR count). The number of nitrogens with zero attached hydrogens (tertiary/aromatic N) is 4. The van der Waals surface area contributed by atoms with Crippen LogP contribution >= 0.6 is 0 Å². The molecule has 0 saturated carbocycles. The SMILES string of the molecule is O=C(Cn1nnc2ccccc2c1=O)N1CCCOCC1. The van der Waals surface area contributed by atoms with Crippen LogP contribution in [0.15, 0.2) is 29.1 Å². The van der Waals surface area contributed by atoms with E-state index in [0.29, 0.717) is 37.2 Å². The second-order valence-corrected chi connectivity index (χ2v) is 4.92. The van der Waals surface area contributed by atoms with Gasteiger partial charge >= 0.3 is 0 Å². The van der Waals surface area contributed by atoms with E-state index in [4.69, 9.17) is 4.74 Å². The molecule has 0 aliphatic carbocycles. The average molecular weight is 288 g/mol. The topological polar surface area (TPSA) is 77.3 Å². The van der Waals surface area contributed by atoms with Gasteiger partial charge in [-0.3, -0.25) is 9.59 Å². The highest BCUT2D eigenvalue weighted by molar-refractivity contribution is 5.78. The molecule has 1 aromatic carbocycles. The van der Waals surface area contributed by atoms with E-state index < -0.39 is 0 Å². The van der Waals surface area contributed by atoms with Gasteiger partial charge in [-0.1, -0.05) is 17.3 Å². The molecule has 1 aromatic heterocycles. The van der Waals surface area contributed by atoms with Crippen LogP contribution < -0.4 is 5.56 Å². The Morgan fingerprint density at radius 1 is 1.24 bits per heavy atom. The quantitative estimate of drug-likeness (QED) is 0.780. The first-order valence-electron chi connectivity index (χ1n) is 6.94. The Labute approximate surface area is 121 Å². The van der Waals surface area contributed by atoms with Gasteiger partial charge in [-0.05, 0) is 18.6 Å². The van der Waals surface area contributed by atoms with Gasteiger partial charge in [-0.2, -0.15) is 0 Å². The maximum absolute atomic E-state index is 12.3. The second-order valence-electron chi connectivity index (χ2n) is 4.92. The summed E-state index contributed by atoms with van der Waals surface area (Å²) in [5.41, 5.74) is 0.245. The molecule has 1 fully saturated rings. The molecule has 0 bridgehead atoms. The van der Waals surface area contributed by atoms with Crippen LogP contribution in [0.25, 0.3) is 10.9 Å². The van der Waals surface area contributed by atoms with Crippen LogP contribution in [0.3, 0.4) is 0 Å². The van der Waals surface area contributed by atoms with E-state index >= 15 is 0 Å². The summed E-state index contributed by atoms with van der Waals surface area (Å²) in [6.07, 6.45) is 0.810. The first kappa shape index (κ1) is 13.7. The lowest BCUT2D eigenvalue weighted by molar-refractivity contribution is -0.132. The first-order valence-corrected chi connectivity index (χ1v) is 6.94. The number of hydrogen-bond donors (Lipinski definition) is 0. The summed E-state index contributed by atoms with van der Waals surface area (Å²) in [4.78, 5) is 26.2. The predicted octanol–water partition coefficient (Wildman–Crippen LogP) is 0.0404. The number of carbonyl (C=O) groups excluding carboxylic acids is 1. The van der Waals surface area contributed by atoms with Crippen LogP contribution in [0.2, 0.25) is 0 Å². The maximum atomic E-state index is 12.3. The third-order valence-electron chi connectivity index (χ3n) is 3.49. The molecule has 0 radical (unpaired) electrons. The number of benzene rings is 1. The van der Waals surface area contributed by atoms with Crippen molar-refractivity contribution in [3.63, 3.8) is 0 Å². The van der Waals surface area contributed by atoms with Crippen molar-refractivity contribution in [2.45, 2.75) is 13.0 Å². The lowest BCUT2D eigenvalue weighted by Gasteiger charge is -2.19. The number of rotatable bonds is 2. The van der Waals surface area contributed by atoms with Gasteiger partial charge in [-0.25, -0.2) is 4.68 Å². The number of aromatic nitrogens is 3. The molecule has 0 spiro atoms. The van der Waals surface area contributed by atoms with E-state index in [0.717, 1.165) is 11.1 Å². The Kier molecular flexibility index (Phi) is 3.92. The summed E-state index contributed by atoms with van der Waals surface area (Å²) >= 11 is 0. The van der Waals surface area contributed by atoms with Crippen molar-refractivity contribution >= 4 is 16.8 Å². The third-order valence-corrected chi connectivity index (χ3v) is 3.49. The van der Waals surface area contributed by atoms with Crippen molar-refractivity contribution in [2.75, 3.05) is 26.3 Å². The summed E-state index contributed by atoms with van der Waals surface area (Å²) in [5.74, 6) is -0.132. The highest BCUT2D eigenvalue weighted by Crippen LogP contribution is 2.04. The normalized spacial score (nSPS) is 15.9. The molecule has 1 saturated heterocycles. The van der Waals surface area contributed by atoms with Crippen molar-refractivity contribution < 1.29 is 9.53 Å². The Morgan fingerprint density at radius 2 is 2.10 bits per heavy atom. The smallest absolute Gasteiger partial charge is 0.278 e. The number of hydrogen-bond acceptors (Lipinski definition) is 5. The van der Waals surface area contributed by atoms with Crippen LogP contribution in [0, 0.1) is 0 Å². The van der Waals surface area contributed by atoms with Gasteiger partial charge in [0.1, 0.15) is 12.1 Å². The Balaban J connectivity index is 1.82. The number of amides is 1. The molecule has 2 heterocycles. The third kappa shape index (κ3) is 2.92. The molecule has 21 heavy (non-hydrogen) atoms. The van der Waals surface area contributed by atoms with E-state index in [9.17, 15) is 9.59 Å². The molecule has 0 N–H and O–H groups in total. The van der Waals surface area contributed by atoms with E-state index in [2.05, 4.69) is 10.3 Å². The van der Waals surface area contributed by atoms with Crippen molar-refractivity contribution in [3.8, 4) is 0 Å². The summed E-state index contributed by atoms with van der Waals surface area (Å²) < 4.78 is 6.44. The molecule has 7 nitrogen and oxygen atoms in total. The lowest BCUT2D eigenvalue weighted by atomic mass is 10.2. The van der Waals surface area contributed by atoms with Crippen molar-refractivity contribution in [1.82, 2.24) is 19.9 Å². The summed E-state index contributed by atoms with van der Waals surface area (Å²) in [7, 11) is 0.